The van der Waals surface area contributed by atoms with Gasteiger partial charge in [-0.2, -0.15) is 0 Å². The lowest BCUT2D eigenvalue weighted by atomic mass is 10.5. The van der Waals surface area contributed by atoms with Crippen LogP contribution in [0.5, 0.6) is 0 Å². The molecule has 4 heteroatoms. The summed E-state index contributed by atoms with van der Waals surface area (Å²) >= 11 is 3.18. The van der Waals surface area contributed by atoms with Crippen molar-refractivity contribution in [3.8, 4) is 0 Å². The third-order valence-electron chi connectivity index (χ3n) is 0.827. The van der Waals surface area contributed by atoms with E-state index in [4.69, 9.17) is 5.73 Å². The Hall–Kier alpha value is -0.510. The Morgan fingerprint density at radius 2 is 2.62 bits per heavy atom. The monoisotopic (exact) mass is 175 g/mol. The Kier molecular flexibility index (Phi) is 1.53. The van der Waals surface area contributed by atoms with E-state index in [1.54, 1.807) is 10.1 Å². The van der Waals surface area contributed by atoms with Gasteiger partial charge in [0.1, 0.15) is 0 Å². The molecular weight excluding hydrogens is 170 g/mol. The maximum absolute atomic E-state index is 5.36. The van der Waals surface area contributed by atoms with Gasteiger partial charge in [-0.25, -0.2) is 4.99 Å². The normalized spacial score (nSPS) is 18.6. The van der Waals surface area contributed by atoms with E-state index < -0.39 is 0 Å². The van der Waals surface area contributed by atoms with E-state index in [9.17, 15) is 0 Å². The van der Waals surface area contributed by atoms with Crippen LogP contribution in [-0.4, -0.2) is 16.4 Å². The number of nitrogens with zero attached hydrogens (tertiary/aromatic N) is 2. The fraction of sp³-hybridized carbons (Fsp3) is 0.250. The molecule has 0 bridgehead atoms. The molecule has 0 spiro atoms. The second-order valence-electron chi connectivity index (χ2n) is 1.42. The lowest BCUT2D eigenvalue weighted by Gasteiger charge is -2.13. The first-order valence-electron chi connectivity index (χ1n) is 2.22. The smallest absolute Gasteiger partial charge is 0.206 e. The summed E-state index contributed by atoms with van der Waals surface area (Å²) in [6.45, 7) is 0.787. The molecule has 0 radical (unpaired) electrons. The first-order chi connectivity index (χ1) is 3.80. The Morgan fingerprint density at radius 3 is 3.00 bits per heavy atom. The van der Waals surface area contributed by atoms with Crippen LogP contribution < -0.4 is 5.73 Å². The van der Waals surface area contributed by atoms with Crippen LogP contribution >= 0.6 is 16.1 Å². The first kappa shape index (κ1) is 5.62. The standard InChI is InChI=1S/C4H6BrN3/c5-8-3-1-2-7-4(8)6/h1-2H,3H2,(H2,6,7). The molecule has 0 aromatic carbocycles. The molecule has 2 N–H and O–H groups in total. The fourth-order valence-electron chi connectivity index (χ4n) is 0.425. The lowest BCUT2D eigenvalue weighted by Crippen LogP contribution is -2.30. The van der Waals surface area contributed by atoms with Gasteiger partial charge in [0.25, 0.3) is 0 Å². The molecule has 1 aliphatic heterocycles. The third-order valence-corrected chi connectivity index (χ3v) is 1.48. The number of hydrogen-bond donors (Lipinski definition) is 1. The maximum atomic E-state index is 5.36. The zero-order chi connectivity index (χ0) is 5.98. The van der Waals surface area contributed by atoms with E-state index in [1.165, 1.54) is 0 Å². The van der Waals surface area contributed by atoms with Crippen LogP contribution in [0.1, 0.15) is 0 Å². The second-order valence-corrected chi connectivity index (χ2v) is 2.27. The molecule has 0 aromatic rings. The van der Waals surface area contributed by atoms with Gasteiger partial charge in [-0.15, -0.1) is 0 Å². The highest BCUT2D eigenvalue weighted by Crippen LogP contribution is 2.00. The predicted octanol–water partition coefficient (Wildman–Crippen LogP) is 0.440. The van der Waals surface area contributed by atoms with Crippen molar-refractivity contribution in [1.82, 2.24) is 3.93 Å². The topological polar surface area (TPSA) is 41.6 Å². The van der Waals surface area contributed by atoms with E-state index in [0.717, 1.165) is 6.54 Å². The van der Waals surface area contributed by atoms with Gasteiger partial charge in [0.2, 0.25) is 5.96 Å². The molecule has 1 heterocycles. The molecule has 1 aliphatic rings. The zero-order valence-corrected chi connectivity index (χ0v) is 5.80. The molecule has 0 amide bonds. The number of rotatable bonds is 0. The Balaban J connectivity index is 2.66. The number of aliphatic imine (C=N–C) groups is 1. The van der Waals surface area contributed by atoms with Crippen molar-refractivity contribution in [1.29, 1.82) is 0 Å². The van der Waals surface area contributed by atoms with Crippen molar-refractivity contribution in [3.05, 3.63) is 12.3 Å². The Labute approximate surface area is 56.2 Å². The third kappa shape index (κ3) is 1.01. The lowest BCUT2D eigenvalue weighted by molar-refractivity contribution is 0.758. The van der Waals surface area contributed by atoms with Crippen LogP contribution in [0.3, 0.4) is 0 Å². The zero-order valence-electron chi connectivity index (χ0n) is 4.21. The molecule has 0 fully saturated rings. The van der Waals surface area contributed by atoms with Gasteiger partial charge in [0, 0.05) is 6.20 Å². The van der Waals surface area contributed by atoms with Crippen molar-refractivity contribution in [2.45, 2.75) is 0 Å². The van der Waals surface area contributed by atoms with E-state index in [1.807, 2.05) is 6.08 Å². The largest absolute Gasteiger partial charge is 0.369 e. The van der Waals surface area contributed by atoms with Crippen LogP contribution in [0.4, 0.5) is 0 Å². The molecule has 0 saturated heterocycles. The van der Waals surface area contributed by atoms with E-state index in [2.05, 4.69) is 21.1 Å². The minimum absolute atomic E-state index is 0.507. The molecule has 0 saturated carbocycles. The summed E-state index contributed by atoms with van der Waals surface area (Å²) in [5, 5.41) is 0. The highest BCUT2D eigenvalue weighted by molar-refractivity contribution is 9.07. The SMILES string of the molecule is NC1=NC=CCN1Br. The molecule has 0 aromatic heterocycles. The highest BCUT2D eigenvalue weighted by Gasteiger charge is 2.01. The Morgan fingerprint density at radius 1 is 1.88 bits per heavy atom. The summed E-state index contributed by atoms with van der Waals surface area (Å²) < 4.78 is 1.69. The van der Waals surface area contributed by atoms with E-state index >= 15 is 0 Å². The molecule has 0 atom stereocenters. The summed E-state index contributed by atoms with van der Waals surface area (Å²) in [6, 6.07) is 0. The van der Waals surface area contributed by atoms with Gasteiger partial charge in [-0.05, 0) is 6.08 Å². The van der Waals surface area contributed by atoms with Gasteiger partial charge >= 0.3 is 0 Å². The first-order valence-corrected chi connectivity index (χ1v) is 2.93. The van der Waals surface area contributed by atoms with Crippen molar-refractivity contribution >= 4 is 22.1 Å². The number of hydrogen-bond acceptors (Lipinski definition) is 3. The molecule has 8 heavy (non-hydrogen) atoms. The average Bonchev–Trinajstić information content (AvgIpc) is 1.77. The van der Waals surface area contributed by atoms with Crippen molar-refractivity contribution < 1.29 is 0 Å². The quantitative estimate of drug-likeness (QED) is 0.544. The minimum atomic E-state index is 0.507. The summed E-state index contributed by atoms with van der Waals surface area (Å²) in [5.74, 6) is 0.507. The van der Waals surface area contributed by atoms with Crippen LogP contribution in [-0.2, 0) is 0 Å². The van der Waals surface area contributed by atoms with Gasteiger partial charge < -0.3 is 5.73 Å². The predicted molar refractivity (Wildman–Crippen MR) is 36.4 cm³/mol. The number of nitrogens with two attached hydrogens (primary N) is 1. The van der Waals surface area contributed by atoms with E-state index in [-0.39, 0.29) is 0 Å². The van der Waals surface area contributed by atoms with Crippen LogP contribution in [0, 0.1) is 0 Å². The molecule has 3 nitrogen and oxygen atoms in total. The summed E-state index contributed by atoms with van der Waals surface area (Å²) in [5.41, 5.74) is 5.36. The number of halogens is 1. The summed E-state index contributed by atoms with van der Waals surface area (Å²) in [4.78, 5) is 3.80. The fourth-order valence-corrected chi connectivity index (χ4v) is 0.684. The van der Waals surface area contributed by atoms with Gasteiger partial charge in [-0.1, -0.05) is 0 Å². The van der Waals surface area contributed by atoms with Crippen LogP contribution in [0.2, 0.25) is 0 Å². The molecule has 44 valence electrons. The second kappa shape index (κ2) is 2.17. The Bertz CT molecular complexity index is 140. The summed E-state index contributed by atoms with van der Waals surface area (Å²) in [6.07, 6.45) is 3.60. The molecule has 1 rings (SSSR count). The molecule has 0 aliphatic carbocycles. The van der Waals surface area contributed by atoms with Crippen molar-refractivity contribution in [2.24, 2.45) is 10.7 Å². The molecule has 0 unspecified atom stereocenters. The van der Waals surface area contributed by atoms with Gasteiger partial charge in [0.05, 0.1) is 22.7 Å². The van der Waals surface area contributed by atoms with Crippen molar-refractivity contribution in [3.63, 3.8) is 0 Å². The van der Waals surface area contributed by atoms with E-state index in [0.29, 0.717) is 5.96 Å². The minimum Gasteiger partial charge on any atom is -0.369 e. The maximum Gasteiger partial charge on any atom is 0.206 e. The van der Waals surface area contributed by atoms with Gasteiger partial charge in [0.15, 0.2) is 0 Å². The molecular formula is C4H6BrN3. The highest BCUT2D eigenvalue weighted by atomic mass is 79.9. The summed E-state index contributed by atoms with van der Waals surface area (Å²) in [7, 11) is 0. The van der Waals surface area contributed by atoms with Gasteiger partial charge in [-0.3, -0.25) is 3.93 Å². The van der Waals surface area contributed by atoms with Crippen molar-refractivity contribution in [2.75, 3.05) is 6.54 Å². The van der Waals surface area contributed by atoms with Crippen LogP contribution in [0.15, 0.2) is 17.3 Å². The van der Waals surface area contributed by atoms with Crippen LogP contribution in [0.25, 0.3) is 0 Å². The average molecular weight is 176 g/mol. The number of guanidine groups is 1.